The standard InChI is InChI=1S/C20H22N2O4/c1-2-22-18(26)21(9-8-12-6-4-3-5-7-12)16(23)20(22)13-10-14-15(20)19(14,11-13)17(24)25/h3-7,13-15H,2,8-11H2,1H3,(H,24,25). The molecule has 5 fully saturated rings. The molecule has 1 heterocycles. The lowest BCUT2D eigenvalue weighted by Crippen LogP contribution is -2.53. The molecule has 4 saturated carbocycles. The topological polar surface area (TPSA) is 77.9 Å². The number of carboxylic acid groups (broad SMARTS) is 1. The fourth-order valence-corrected chi connectivity index (χ4v) is 6.51. The number of carboxylic acids is 1. The van der Waals surface area contributed by atoms with E-state index in [0.29, 0.717) is 25.9 Å². The summed E-state index contributed by atoms with van der Waals surface area (Å²) >= 11 is 0. The average Bonchev–Trinajstić information content (AvgIpc) is 2.97. The fourth-order valence-electron chi connectivity index (χ4n) is 6.51. The Morgan fingerprint density at radius 1 is 1.27 bits per heavy atom. The third kappa shape index (κ3) is 1.53. The van der Waals surface area contributed by atoms with Crippen molar-refractivity contribution in [1.82, 2.24) is 9.80 Å². The summed E-state index contributed by atoms with van der Waals surface area (Å²) in [7, 11) is 0. The Bertz CT molecular complexity index is 824. The number of aliphatic carboxylic acids is 1. The molecule has 6 heteroatoms. The maximum absolute atomic E-state index is 13.4. The van der Waals surface area contributed by atoms with Crippen molar-refractivity contribution in [2.45, 2.75) is 31.7 Å². The smallest absolute Gasteiger partial charge is 0.327 e. The Labute approximate surface area is 151 Å². The van der Waals surface area contributed by atoms with E-state index in [2.05, 4.69) is 0 Å². The van der Waals surface area contributed by atoms with Gasteiger partial charge in [-0.2, -0.15) is 0 Å². The number of benzene rings is 1. The molecule has 5 unspecified atom stereocenters. The summed E-state index contributed by atoms with van der Waals surface area (Å²) in [5.41, 5.74) is -0.575. The second-order valence-corrected chi connectivity index (χ2v) is 8.11. The van der Waals surface area contributed by atoms with Crippen LogP contribution in [0.25, 0.3) is 0 Å². The molecule has 0 radical (unpaired) electrons. The lowest BCUT2D eigenvalue weighted by Gasteiger charge is -2.34. The Balaban J connectivity index is 1.46. The van der Waals surface area contributed by atoms with Crippen LogP contribution in [0, 0.1) is 23.2 Å². The van der Waals surface area contributed by atoms with Crippen molar-refractivity contribution in [3.05, 3.63) is 35.9 Å². The minimum Gasteiger partial charge on any atom is -0.481 e. The van der Waals surface area contributed by atoms with Crippen LogP contribution in [-0.2, 0) is 16.0 Å². The van der Waals surface area contributed by atoms with Gasteiger partial charge in [0.2, 0.25) is 0 Å². The molecular formula is C20H22N2O4. The SMILES string of the molecule is CCN1C(=O)N(CCc2ccccc2)C(=O)C12C1CC3C2C3(C(=O)O)C1. The predicted octanol–water partition coefficient (Wildman–Crippen LogP) is 1.99. The molecule has 5 atom stereocenters. The lowest BCUT2D eigenvalue weighted by molar-refractivity contribution is -0.144. The molecular weight excluding hydrogens is 332 g/mol. The first-order chi connectivity index (χ1) is 12.5. The third-order valence-electron chi connectivity index (χ3n) is 7.41. The zero-order valence-corrected chi connectivity index (χ0v) is 14.7. The summed E-state index contributed by atoms with van der Waals surface area (Å²) in [6.07, 6.45) is 1.92. The third-order valence-corrected chi connectivity index (χ3v) is 7.41. The van der Waals surface area contributed by atoms with E-state index in [4.69, 9.17) is 0 Å². The highest BCUT2D eigenvalue weighted by Crippen LogP contribution is 2.84. The van der Waals surface area contributed by atoms with E-state index < -0.39 is 16.9 Å². The highest BCUT2D eigenvalue weighted by molar-refractivity contribution is 6.09. The van der Waals surface area contributed by atoms with Gasteiger partial charge in [-0.05, 0) is 43.6 Å². The van der Waals surface area contributed by atoms with Crippen LogP contribution in [0.2, 0.25) is 0 Å². The molecule has 0 aromatic heterocycles. The van der Waals surface area contributed by atoms with Gasteiger partial charge in [-0.1, -0.05) is 30.3 Å². The number of imide groups is 1. The number of hydrogen-bond donors (Lipinski definition) is 1. The highest BCUT2D eigenvalue weighted by Gasteiger charge is 2.92. The molecule has 1 spiro atoms. The van der Waals surface area contributed by atoms with Gasteiger partial charge in [0.05, 0.1) is 5.41 Å². The molecule has 6 nitrogen and oxygen atoms in total. The molecule has 136 valence electrons. The molecule has 6 rings (SSSR count). The van der Waals surface area contributed by atoms with E-state index >= 15 is 0 Å². The van der Waals surface area contributed by atoms with Crippen LogP contribution < -0.4 is 0 Å². The largest absolute Gasteiger partial charge is 0.481 e. The molecule has 3 amide bonds. The van der Waals surface area contributed by atoms with Crippen LogP contribution >= 0.6 is 0 Å². The fraction of sp³-hybridized carbons (Fsp3) is 0.550. The first-order valence-corrected chi connectivity index (χ1v) is 9.40. The van der Waals surface area contributed by atoms with Gasteiger partial charge < -0.3 is 10.0 Å². The maximum atomic E-state index is 13.4. The van der Waals surface area contributed by atoms with Gasteiger partial charge in [-0.25, -0.2) is 4.79 Å². The number of nitrogens with zero attached hydrogens (tertiary/aromatic N) is 2. The van der Waals surface area contributed by atoms with Gasteiger partial charge in [0.1, 0.15) is 5.54 Å². The van der Waals surface area contributed by atoms with Crippen LogP contribution in [-0.4, -0.2) is 51.4 Å². The molecule has 1 aliphatic heterocycles. The van der Waals surface area contributed by atoms with E-state index in [0.717, 1.165) is 12.0 Å². The maximum Gasteiger partial charge on any atom is 0.327 e. The van der Waals surface area contributed by atoms with Crippen molar-refractivity contribution >= 4 is 17.9 Å². The van der Waals surface area contributed by atoms with Crippen molar-refractivity contribution in [3.8, 4) is 0 Å². The number of carbonyl (C=O) groups is 3. The van der Waals surface area contributed by atoms with Crippen molar-refractivity contribution in [2.24, 2.45) is 23.2 Å². The van der Waals surface area contributed by atoms with E-state index in [1.54, 1.807) is 4.90 Å². The number of rotatable bonds is 5. The van der Waals surface area contributed by atoms with Gasteiger partial charge in [0.25, 0.3) is 5.91 Å². The van der Waals surface area contributed by atoms with Crippen LogP contribution in [0.1, 0.15) is 25.3 Å². The number of likely N-dealkylation sites (N-methyl/N-ethyl adjacent to an activating group) is 1. The first kappa shape index (κ1) is 15.9. The number of hydrogen-bond acceptors (Lipinski definition) is 3. The predicted molar refractivity (Wildman–Crippen MR) is 92.1 cm³/mol. The van der Waals surface area contributed by atoms with E-state index in [-0.39, 0.29) is 29.7 Å². The zero-order valence-electron chi connectivity index (χ0n) is 14.7. The van der Waals surface area contributed by atoms with Crippen LogP contribution in [0.5, 0.6) is 0 Å². The molecule has 4 bridgehead atoms. The normalized spacial score (nSPS) is 39.3. The van der Waals surface area contributed by atoms with Gasteiger partial charge in [0, 0.05) is 19.0 Å². The summed E-state index contributed by atoms with van der Waals surface area (Å²) in [4.78, 5) is 41.4. The van der Waals surface area contributed by atoms with Crippen LogP contribution in [0.3, 0.4) is 0 Å². The molecule has 26 heavy (non-hydrogen) atoms. The van der Waals surface area contributed by atoms with Crippen molar-refractivity contribution < 1.29 is 19.5 Å². The molecule has 1 saturated heterocycles. The summed E-state index contributed by atoms with van der Waals surface area (Å²) in [5, 5.41) is 9.76. The molecule has 5 aliphatic rings. The van der Waals surface area contributed by atoms with Gasteiger partial charge in [-0.15, -0.1) is 0 Å². The lowest BCUT2D eigenvalue weighted by atomic mass is 9.86. The van der Waals surface area contributed by atoms with Gasteiger partial charge in [-0.3, -0.25) is 14.5 Å². The molecule has 1 N–H and O–H groups in total. The summed E-state index contributed by atoms with van der Waals surface area (Å²) < 4.78 is 0. The minimum atomic E-state index is -0.897. The molecule has 1 aromatic rings. The summed E-state index contributed by atoms with van der Waals surface area (Å²) in [6.45, 7) is 2.68. The van der Waals surface area contributed by atoms with Crippen molar-refractivity contribution in [1.29, 1.82) is 0 Å². The monoisotopic (exact) mass is 354 g/mol. The second kappa shape index (κ2) is 4.87. The van der Waals surface area contributed by atoms with Crippen molar-refractivity contribution in [3.63, 3.8) is 0 Å². The number of urea groups is 1. The highest BCUT2D eigenvalue weighted by atomic mass is 16.4. The Morgan fingerprint density at radius 3 is 2.58 bits per heavy atom. The number of carbonyl (C=O) groups excluding carboxylic acids is 2. The second-order valence-electron chi connectivity index (χ2n) is 8.11. The van der Waals surface area contributed by atoms with Gasteiger partial charge in [0.15, 0.2) is 0 Å². The average molecular weight is 354 g/mol. The van der Waals surface area contributed by atoms with Crippen LogP contribution in [0.15, 0.2) is 30.3 Å². The van der Waals surface area contributed by atoms with E-state index in [1.807, 2.05) is 37.3 Å². The summed E-state index contributed by atoms with van der Waals surface area (Å²) in [6, 6.07) is 9.56. The summed E-state index contributed by atoms with van der Waals surface area (Å²) in [5.74, 6) is -1.09. The van der Waals surface area contributed by atoms with Gasteiger partial charge >= 0.3 is 12.0 Å². The Kier molecular flexibility index (Phi) is 2.97. The van der Waals surface area contributed by atoms with E-state index in [1.165, 1.54) is 4.90 Å². The van der Waals surface area contributed by atoms with E-state index in [9.17, 15) is 19.5 Å². The van der Waals surface area contributed by atoms with Crippen LogP contribution in [0.4, 0.5) is 4.79 Å². The Morgan fingerprint density at radius 2 is 2.00 bits per heavy atom. The molecule has 4 aliphatic carbocycles. The zero-order chi connectivity index (χ0) is 18.3. The number of amides is 3. The quantitative estimate of drug-likeness (QED) is 0.821. The molecule has 1 aromatic carbocycles. The van der Waals surface area contributed by atoms with Crippen molar-refractivity contribution in [2.75, 3.05) is 13.1 Å². The minimum absolute atomic E-state index is 0.00766. The Hall–Kier alpha value is -2.37. The first-order valence-electron chi connectivity index (χ1n) is 9.40.